The van der Waals surface area contributed by atoms with Crippen LogP contribution in [-0.2, 0) is 23.8 Å². The fourth-order valence-corrected chi connectivity index (χ4v) is 5.24. The van der Waals surface area contributed by atoms with Gasteiger partial charge in [-0.1, -0.05) is 16.8 Å². The normalized spacial score (nSPS) is 31.4. The number of rotatable bonds is 1. The molecule has 2 aliphatic rings. The molecule has 0 amide bonds. The molecule has 2 aromatic heterocycles. The van der Waals surface area contributed by atoms with Crippen molar-refractivity contribution in [3.8, 4) is 0 Å². The molecule has 2 aromatic rings. The second kappa shape index (κ2) is 5.30. The third kappa shape index (κ3) is 2.38. The van der Waals surface area contributed by atoms with E-state index in [4.69, 9.17) is 16.3 Å². The topological polar surface area (TPSA) is 52.0 Å². The van der Waals surface area contributed by atoms with Gasteiger partial charge in [-0.25, -0.2) is 0 Å². The molecule has 0 radical (unpaired) electrons. The van der Waals surface area contributed by atoms with Crippen LogP contribution < -0.4 is 5.32 Å². The highest BCUT2D eigenvalue weighted by Crippen LogP contribution is 2.49. The number of aryl methyl sites for hydroxylation is 1. The largest absolute Gasteiger partial charge is 0.369 e. The molecule has 0 bridgehead atoms. The van der Waals surface area contributed by atoms with Gasteiger partial charge < -0.3 is 10.1 Å². The van der Waals surface area contributed by atoms with Crippen LogP contribution in [0.15, 0.2) is 12.3 Å². The molecular formula is C15H19ClN4OS. The first-order valence-electron chi connectivity index (χ1n) is 7.61. The van der Waals surface area contributed by atoms with Crippen molar-refractivity contribution in [1.82, 2.24) is 20.3 Å². The number of piperidine rings is 1. The maximum Gasteiger partial charge on any atom is 0.106 e. The fourth-order valence-electron chi connectivity index (χ4n) is 3.78. The highest BCUT2D eigenvalue weighted by Gasteiger charge is 2.46. The van der Waals surface area contributed by atoms with Crippen molar-refractivity contribution in [2.45, 2.75) is 43.9 Å². The summed E-state index contributed by atoms with van der Waals surface area (Å²) in [5, 5.41) is 12.0. The van der Waals surface area contributed by atoms with Gasteiger partial charge in [0.1, 0.15) is 5.60 Å². The van der Waals surface area contributed by atoms with Crippen molar-refractivity contribution >= 4 is 22.9 Å². The van der Waals surface area contributed by atoms with E-state index >= 15 is 0 Å². The van der Waals surface area contributed by atoms with Crippen LogP contribution in [0.3, 0.4) is 0 Å². The molecule has 1 spiro atoms. The van der Waals surface area contributed by atoms with Gasteiger partial charge in [0.2, 0.25) is 0 Å². The summed E-state index contributed by atoms with van der Waals surface area (Å²) in [6, 6.07) is 2.62. The van der Waals surface area contributed by atoms with Crippen LogP contribution in [0, 0.1) is 0 Å². The first kappa shape index (κ1) is 14.6. The van der Waals surface area contributed by atoms with E-state index in [1.807, 2.05) is 13.2 Å². The lowest BCUT2D eigenvalue weighted by molar-refractivity contribution is -0.0957. The minimum atomic E-state index is -0.238. The minimum absolute atomic E-state index is 0.157. The zero-order chi connectivity index (χ0) is 15.3. The molecule has 2 aliphatic heterocycles. The fraction of sp³-hybridized carbons (Fsp3) is 0.600. The van der Waals surface area contributed by atoms with Crippen molar-refractivity contribution in [2.24, 2.45) is 7.05 Å². The van der Waals surface area contributed by atoms with Gasteiger partial charge in [0.25, 0.3) is 0 Å². The highest BCUT2D eigenvalue weighted by atomic mass is 35.5. The number of nitrogens with one attached hydrogen (secondary N) is 1. The Bertz CT molecular complexity index is 700. The molecule has 22 heavy (non-hydrogen) atoms. The van der Waals surface area contributed by atoms with Crippen LogP contribution >= 0.6 is 22.9 Å². The Morgan fingerprint density at radius 3 is 3.14 bits per heavy atom. The monoisotopic (exact) mass is 338 g/mol. The predicted octanol–water partition coefficient (Wildman–Crippen LogP) is 2.81. The van der Waals surface area contributed by atoms with Gasteiger partial charge >= 0.3 is 0 Å². The van der Waals surface area contributed by atoms with E-state index in [0.717, 1.165) is 35.9 Å². The molecule has 0 aliphatic carbocycles. The summed E-state index contributed by atoms with van der Waals surface area (Å²) in [6.45, 7) is 2.97. The highest BCUT2D eigenvalue weighted by molar-refractivity contribution is 7.16. The molecule has 3 atom stereocenters. The van der Waals surface area contributed by atoms with Crippen LogP contribution in [0.4, 0.5) is 0 Å². The van der Waals surface area contributed by atoms with Crippen LogP contribution in [0.2, 0.25) is 4.34 Å². The molecule has 4 heterocycles. The summed E-state index contributed by atoms with van der Waals surface area (Å²) in [5.41, 5.74) is 2.10. The SMILES string of the molecule is C[C@@H]1CC2(C[C@@H](c3cn(C)nn3)N1)OCCc1cc(Cl)sc12. The van der Waals surface area contributed by atoms with Crippen molar-refractivity contribution in [2.75, 3.05) is 6.61 Å². The van der Waals surface area contributed by atoms with Gasteiger partial charge in [-0.15, -0.1) is 16.4 Å². The number of aromatic nitrogens is 3. The van der Waals surface area contributed by atoms with Gasteiger partial charge in [-0.2, -0.15) is 0 Å². The van der Waals surface area contributed by atoms with E-state index in [9.17, 15) is 0 Å². The molecular weight excluding hydrogens is 320 g/mol. The Kier molecular flexibility index (Phi) is 3.52. The Labute approximate surface area is 138 Å². The average Bonchev–Trinajstić information content (AvgIpc) is 3.04. The Hall–Kier alpha value is -0.950. The van der Waals surface area contributed by atoms with E-state index < -0.39 is 0 Å². The number of nitrogens with zero attached hydrogens (tertiary/aromatic N) is 3. The summed E-state index contributed by atoms with van der Waals surface area (Å²) < 4.78 is 8.94. The van der Waals surface area contributed by atoms with E-state index in [1.165, 1.54) is 10.4 Å². The van der Waals surface area contributed by atoms with Gasteiger partial charge in [0.05, 0.1) is 22.7 Å². The first-order valence-corrected chi connectivity index (χ1v) is 8.80. The smallest absolute Gasteiger partial charge is 0.106 e. The third-order valence-electron chi connectivity index (χ3n) is 4.58. The van der Waals surface area contributed by atoms with E-state index in [1.54, 1.807) is 16.0 Å². The molecule has 7 heteroatoms. The zero-order valence-electron chi connectivity index (χ0n) is 12.7. The average molecular weight is 339 g/mol. The zero-order valence-corrected chi connectivity index (χ0v) is 14.2. The first-order chi connectivity index (χ1) is 10.6. The lowest BCUT2D eigenvalue weighted by Gasteiger charge is -2.45. The van der Waals surface area contributed by atoms with E-state index in [2.05, 4.69) is 28.6 Å². The number of halogens is 1. The summed E-state index contributed by atoms with van der Waals surface area (Å²) >= 11 is 7.94. The van der Waals surface area contributed by atoms with Crippen molar-refractivity contribution in [1.29, 1.82) is 0 Å². The Balaban J connectivity index is 1.72. The summed E-state index contributed by atoms with van der Waals surface area (Å²) in [6.07, 6.45) is 4.78. The lowest BCUT2D eigenvalue weighted by Crippen LogP contribution is -2.49. The van der Waals surface area contributed by atoms with Crippen LogP contribution in [0.1, 0.15) is 41.9 Å². The van der Waals surface area contributed by atoms with Crippen LogP contribution in [0.25, 0.3) is 0 Å². The van der Waals surface area contributed by atoms with Crippen molar-refractivity contribution < 1.29 is 4.74 Å². The second-order valence-corrected chi connectivity index (χ2v) is 8.03. The van der Waals surface area contributed by atoms with Gasteiger partial charge in [0.15, 0.2) is 0 Å². The van der Waals surface area contributed by atoms with Crippen molar-refractivity contribution in [3.63, 3.8) is 0 Å². The molecule has 118 valence electrons. The lowest BCUT2D eigenvalue weighted by atomic mass is 9.79. The van der Waals surface area contributed by atoms with E-state index in [0.29, 0.717) is 6.04 Å². The Morgan fingerprint density at radius 2 is 2.36 bits per heavy atom. The minimum Gasteiger partial charge on any atom is -0.369 e. The number of hydrogen-bond donors (Lipinski definition) is 1. The molecule has 0 saturated carbocycles. The van der Waals surface area contributed by atoms with Gasteiger partial charge in [-0.05, 0) is 31.4 Å². The van der Waals surface area contributed by atoms with Gasteiger partial charge in [-0.3, -0.25) is 4.68 Å². The van der Waals surface area contributed by atoms with Crippen LogP contribution in [-0.4, -0.2) is 27.6 Å². The molecule has 0 aromatic carbocycles. The molecule has 4 rings (SSSR count). The van der Waals surface area contributed by atoms with Gasteiger partial charge in [0, 0.05) is 30.6 Å². The standard InChI is InChI=1S/C15H19ClN4OS/c1-9-6-15(7-11(17-9)12-8-20(2)19-18-12)14-10(3-4-21-15)5-13(16)22-14/h5,8-9,11,17H,3-4,6-7H2,1-2H3/t9-,11+,15?/m1/s1. The van der Waals surface area contributed by atoms with E-state index in [-0.39, 0.29) is 11.6 Å². The maximum absolute atomic E-state index is 6.33. The molecule has 1 saturated heterocycles. The summed E-state index contributed by atoms with van der Waals surface area (Å²) in [4.78, 5) is 1.31. The number of thiophene rings is 1. The second-order valence-electron chi connectivity index (χ2n) is 6.34. The summed E-state index contributed by atoms with van der Waals surface area (Å²) in [5.74, 6) is 0. The molecule has 5 nitrogen and oxygen atoms in total. The quantitative estimate of drug-likeness (QED) is 0.868. The molecule has 1 fully saturated rings. The summed E-state index contributed by atoms with van der Waals surface area (Å²) in [7, 11) is 1.90. The molecule has 1 unspecified atom stereocenters. The van der Waals surface area contributed by atoms with Crippen molar-refractivity contribution in [3.05, 3.63) is 32.7 Å². The van der Waals surface area contributed by atoms with Crippen LogP contribution in [0.5, 0.6) is 0 Å². The third-order valence-corrected chi connectivity index (χ3v) is 6.07. The molecule has 1 N–H and O–H groups in total. The number of fused-ring (bicyclic) bond motifs is 2. The number of hydrogen-bond acceptors (Lipinski definition) is 5. The predicted molar refractivity (Wildman–Crippen MR) is 86.2 cm³/mol. The maximum atomic E-state index is 6.33. The Morgan fingerprint density at radius 1 is 1.50 bits per heavy atom. The number of ether oxygens (including phenoxy) is 1.